The number of esters is 1. The molecule has 0 heterocycles. The lowest BCUT2D eigenvalue weighted by Gasteiger charge is -2.22. The fourth-order valence-electron chi connectivity index (χ4n) is 3.08. The molecule has 0 aromatic heterocycles. The summed E-state index contributed by atoms with van der Waals surface area (Å²) in [4.78, 5) is 35.3. The van der Waals surface area contributed by atoms with Gasteiger partial charge in [-0.3, -0.25) is 14.4 Å². The van der Waals surface area contributed by atoms with Crippen LogP contribution in [0, 0.1) is 6.92 Å². The Morgan fingerprint density at radius 1 is 1.08 bits per heavy atom. The molecule has 6 nitrogen and oxygen atoms in total. The van der Waals surface area contributed by atoms with Gasteiger partial charge in [0.1, 0.15) is 0 Å². The van der Waals surface area contributed by atoms with Crippen molar-refractivity contribution in [3.8, 4) is 0 Å². The van der Waals surface area contributed by atoms with E-state index in [0.29, 0.717) is 18.5 Å². The van der Waals surface area contributed by atoms with Gasteiger partial charge in [-0.2, -0.15) is 0 Å². The lowest BCUT2D eigenvalue weighted by molar-refractivity contribution is -0.147. The zero-order valence-corrected chi connectivity index (χ0v) is 15.4. The van der Waals surface area contributed by atoms with Crippen LogP contribution in [-0.4, -0.2) is 30.4 Å². The molecular formula is C20H28N2O4. The molecule has 0 unspecified atom stereocenters. The van der Waals surface area contributed by atoms with Gasteiger partial charge in [-0.05, 0) is 43.9 Å². The number of benzene rings is 1. The number of carbonyl (C=O) groups excluding carboxylic acids is 3. The number of hydrogen-bond donors (Lipinski definition) is 2. The minimum atomic E-state index is -0.463. The molecule has 2 N–H and O–H groups in total. The van der Waals surface area contributed by atoms with E-state index in [2.05, 4.69) is 10.6 Å². The third-order valence-corrected chi connectivity index (χ3v) is 4.42. The number of aryl methyl sites for hydroxylation is 1. The molecule has 1 aromatic carbocycles. The van der Waals surface area contributed by atoms with Gasteiger partial charge in [-0.15, -0.1) is 0 Å². The quantitative estimate of drug-likeness (QED) is 0.698. The third kappa shape index (κ3) is 7.68. The highest BCUT2D eigenvalue weighted by Gasteiger charge is 2.16. The number of carbonyl (C=O) groups is 3. The Balaban J connectivity index is 1.56. The highest BCUT2D eigenvalue weighted by Crippen LogP contribution is 2.17. The number of nitrogens with one attached hydrogen (secondary N) is 2. The smallest absolute Gasteiger partial charge is 0.306 e. The summed E-state index contributed by atoms with van der Waals surface area (Å²) < 4.78 is 4.96. The van der Waals surface area contributed by atoms with Crippen molar-refractivity contribution in [1.29, 1.82) is 0 Å². The first kappa shape index (κ1) is 19.9. The molecule has 26 heavy (non-hydrogen) atoms. The summed E-state index contributed by atoms with van der Waals surface area (Å²) in [6.07, 6.45) is 6.54. The minimum Gasteiger partial charge on any atom is -0.456 e. The van der Waals surface area contributed by atoms with Crippen molar-refractivity contribution in [3.63, 3.8) is 0 Å². The van der Waals surface area contributed by atoms with E-state index in [4.69, 9.17) is 4.74 Å². The van der Waals surface area contributed by atoms with Gasteiger partial charge in [0.15, 0.2) is 6.61 Å². The molecule has 0 saturated heterocycles. The van der Waals surface area contributed by atoms with Crippen LogP contribution in [0.4, 0.5) is 5.69 Å². The van der Waals surface area contributed by atoms with Crippen LogP contribution < -0.4 is 10.6 Å². The molecular weight excluding hydrogens is 332 g/mol. The van der Waals surface area contributed by atoms with Crippen molar-refractivity contribution >= 4 is 23.5 Å². The number of amides is 2. The molecule has 142 valence electrons. The molecule has 0 spiro atoms. The van der Waals surface area contributed by atoms with Crippen LogP contribution in [0.5, 0.6) is 0 Å². The zero-order valence-electron chi connectivity index (χ0n) is 15.4. The predicted octanol–water partition coefficient (Wildman–Crippen LogP) is 3.10. The first-order valence-electron chi connectivity index (χ1n) is 9.34. The largest absolute Gasteiger partial charge is 0.456 e. The molecule has 1 fully saturated rings. The molecule has 2 rings (SSSR count). The highest BCUT2D eigenvalue weighted by atomic mass is 16.5. The summed E-state index contributed by atoms with van der Waals surface area (Å²) in [6, 6.07) is 7.67. The van der Waals surface area contributed by atoms with Crippen LogP contribution in [0.2, 0.25) is 0 Å². The molecule has 2 amide bonds. The third-order valence-electron chi connectivity index (χ3n) is 4.42. The van der Waals surface area contributed by atoms with Crippen molar-refractivity contribution in [2.75, 3.05) is 11.9 Å². The second-order valence-corrected chi connectivity index (χ2v) is 6.83. The first-order valence-corrected chi connectivity index (χ1v) is 9.34. The monoisotopic (exact) mass is 360 g/mol. The normalized spacial score (nSPS) is 14.5. The van der Waals surface area contributed by atoms with E-state index in [1.54, 1.807) is 6.07 Å². The topological polar surface area (TPSA) is 84.5 Å². The Labute approximate surface area is 154 Å². The second kappa shape index (κ2) is 10.6. The van der Waals surface area contributed by atoms with E-state index in [1.807, 2.05) is 25.1 Å². The van der Waals surface area contributed by atoms with Gasteiger partial charge >= 0.3 is 5.97 Å². The van der Waals surface area contributed by atoms with E-state index >= 15 is 0 Å². The van der Waals surface area contributed by atoms with Crippen molar-refractivity contribution in [1.82, 2.24) is 5.32 Å². The van der Waals surface area contributed by atoms with Crippen LogP contribution in [0.3, 0.4) is 0 Å². The average Bonchev–Trinajstić information content (AvgIpc) is 2.61. The summed E-state index contributed by atoms with van der Waals surface area (Å²) in [5.41, 5.74) is 1.71. The van der Waals surface area contributed by atoms with Gasteiger partial charge in [0.25, 0.3) is 5.91 Å². The fourth-order valence-corrected chi connectivity index (χ4v) is 3.08. The van der Waals surface area contributed by atoms with Crippen molar-refractivity contribution in [2.24, 2.45) is 0 Å². The Bertz CT molecular complexity index is 624. The number of ether oxygens (including phenoxy) is 1. The molecule has 0 radical (unpaired) electrons. The summed E-state index contributed by atoms with van der Waals surface area (Å²) in [7, 11) is 0. The Hall–Kier alpha value is -2.37. The maximum Gasteiger partial charge on any atom is 0.306 e. The van der Waals surface area contributed by atoms with E-state index in [0.717, 1.165) is 18.4 Å². The van der Waals surface area contributed by atoms with Gasteiger partial charge in [0.05, 0.1) is 0 Å². The van der Waals surface area contributed by atoms with E-state index < -0.39 is 5.97 Å². The highest BCUT2D eigenvalue weighted by molar-refractivity contribution is 5.92. The van der Waals surface area contributed by atoms with E-state index in [1.165, 1.54) is 19.3 Å². The van der Waals surface area contributed by atoms with Crippen LogP contribution in [0.25, 0.3) is 0 Å². The van der Waals surface area contributed by atoms with Crippen LogP contribution >= 0.6 is 0 Å². The second-order valence-electron chi connectivity index (χ2n) is 6.83. The van der Waals surface area contributed by atoms with Gasteiger partial charge in [0.2, 0.25) is 5.91 Å². The zero-order chi connectivity index (χ0) is 18.8. The first-order chi connectivity index (χ1) is 12.5. The van der Waals surface area contributed by atoms with Crippen LogP contribution in [-0.2, 0) is 19.1 Å². The van der Waals surface area contributed by atoms with Crippen LogP contribution in [0.15, 0.2) is 24.3 Å². The van der Waals surface area contributed by atoms with Crippen molar-refractivity contribution < 1.29 is 19.1 Å². The SMILES string of the molecule is Cc1cccc(NC(=O)COC(=O)CCCC(=O)NC2CCCCC2)c1. The maximum absolute atomic E-state index is 11.9. The molecule has 1 saturated carbocycles. The maximum atomic E-state index is 11.9. The molecule has 0 bridgehead atoms. The Kier molecular flexibility index (Phi) is 8.12. The average molecular weight is 360 g/mol. The molecule has 0 aliphatic heterocycles. The van der Waals surface area contributed by atoms with Gasteiger partial charge < -0.3 is 15.4 Å². The standard InChI is InChI=1S/C20H28N2O4/c1-15-7-5-10-17(13-15)22-19(24)14-26-20(25)12-6-11-18(23)21-16-8-3-2-4-9-16/h5,7,10,13,16H,2-4,6,8-9,11-12,14H2,1H3,(H,21,23)(H,22,24). The number of hydrogen-bond acceptors (Lipinski definition) is 4. The Morgan fingerprint density at radius 2 is 1.85 bits per heavy atom. The fraction of sp³-hybridized carbons (Fsp3) is 0.550. The minimum absolute atomic E-state index is 0.0121. The summed E-state index contributed by atoms with van der Waals surface area (Å²) in [5.74, 6) is -0.851. The Morgan fingerprint density at radius 3 is 2.58 bits per heavy atom. The van der Waals surface area contributed by atoms with E-state index in [-0.39, 0.29) is 30.9 Å². The lowest BCUT2D eigenvalue weighted by atomic mass is 9.95. The molecule has 0 atom stereocenters. The van der Waals surface area contributed by atoms with Gasteiger partial charge in [-0.25, -0.2) is 0 Å². The molecule has 1 aliphatic rings. The van der Waals surface area contributed by atoms with E-state index in [9.17, 15) is 14.4 Å². The summed E-state index contributed by atoms with van der Waals surface area (Å²) in [5, 5.41) is 5.70. The van der Waals surface area contributed by atoms with Gasteiger partial charge in [-0.1, -0.05) is 31.4 Å². The number of anilines is 1. The van der Waals surface area contributed by atoms with Crippen molar-refractivity contribution in [3.05, 3.63) is 29.8 Å². The van der Waals surface area contributed by atoms with Crippen LogP contribution in [0.1, 0.15) is 56.9 Å². The predicted molar refractivity (Wildman–Crippen MR) is 99.6 cm³/mol. The van der Waals surface area contributed by atoms with Crippen molar-refractivity contribution in [2.45, 2.75) is 64.3 Å². The molecule has 6 heteroatoms. The molecule has 1 aromatic rings. The number of rotatable bonds is 8. The summed E-state index contributed by atoms with van der Waals surface area (Å²) in [6.45, 7) is 1.61. The van der Waals surface area contributed by atoms with Gasteiger partial charge in [0, 0.05) is 24.6 Å². The summed E-state index contributed by atoms with van der Waals surface area (Å²) >= 11 is 0. The molecule has 1 aliphatic carbocycles. The lowest BCUT2D eigenvalue weighted by Crippen LogP contribution is -2.36.